The second-order valence-corrected chi connectivity index (χ2v) is 5.14. The third kappa shape index (κ3) is 3.06. The number of rotatable bonds is 5. The molecule has 1 saturated carbocycles. The average molecular weight is 249 g/mol. The molecule has 0 radical (unpaired) electrons. The van der Waals surface area contributed by atoms with E-state index in [2.05, 4.69) is 5.32 Å². The number of hydrogen-bond acceptors (Lipinski definition) is 2. The van der Waals surface area contributed by atoms with E-state index < -0.39 is 0 Å². The van der Waals surface area contributed by atoms with Gasteiger partial charge in [0.2, 0.25) is 0 Å². The van der Waals surface area contributed by atoms with Gasteiger partial charge in [-0.1, -0.05) is 25.7 Å². The fourth-order valence-electron chi connectivity index (χ4n) is 2.76. The monoisotopic (exact) mass is 249 g/mol. The van der Waals surface area contributed by atoms with E-state index in [1.54, 1.807) is 6.07 Å². The molecule has 0 aliphatic heterocycles. The molecule has 1 heterocycles. The van der Waals surface area contributed by atoms with Crippen LogP contribution in [0.5, 0.6) is 0 Å². The number of carbonyl (C=O) groups excluding carboxylic acids is 1. The Kier molecular flexibility index (Phi) is 4.28. The van der Waals surface area contributed by atoms with E-state index in [9.17, 15) is 4.79 Å². The van der Waals surface area contributed by atoms with Gasteiger partial charge in [0.1, 0.15) is 5.69 Å². The number of nitrogens with zero attached hydrogens (tertiary/aromatic N) is 1. The van der Waals surface area contributed by atoms with Crippen molar-refractivity contribution in [1.29, 1.82) is 0 Å². The summed E-state index contributed by atoms with van der Waals surface area (Å²) >= 11 is 0. The van der Waals surface area contributed by atoms with Gasteiger partial charge in [-0.15, -0.1) is 0 Å². The molecule has 0 unspecified atom stereocenters. The molecule has 1 aliphatic rings. The molecule has 0 bridgehead atoms. The molecule has 0 atom stereocenters. The first-order chi connectivity index (χ1) is 8.70. The van der Waals surface area contributed by atoms with E-state index in [4.69, 9.17) is 5.73 Å². The highest BCUT2D eigenvalue weighted by molar-refractivity contribution is 5.93. The van der Waals surface area contributed by atoms with Gasteiger partial charge in [0.05, 0.1) is 5.69 Å². The Bertz CT molecular complexity index is 405. The number of nitrogens with one attached hydrogen (secondary N) is 1. The van der Waals surface area contributed by atoms with Crippen LogP contribution in [0.3, 0.4) is 0 Å². The van der Waals surface area contributed by atoms with Crippen molar-refractivity contribution in [2.75, 3.05) is 12.3 Å². The molecular formula is C14H23N3O. The standard InChI is InChI=1S/C14H23N3O/c1-2-17-10-12(15)9-13(17)14(18)16-8-7-11-5-3-4-6-11/h9-11H,2-8,15H2,1H3,(H,16,18). The van der Waals surface area contributed by atoms with Crippen LogP contribution in [-0.2, 0) is 6.54 Å². The molecule has 0 aromatic carbocycles. The average Bonchev–Trinajstić information content (AvgIpc) is 2.98. The zero-order valence-electron chi connectivity index (χ0n) is 11.1. The molecule has 2 rings (SSSR count). The summed E-state index contributed by atoms with van der Waals surface area (Å²) in [5.74, 6) is 0.805. The van der Waals surface area contributed by atoms with Crippen molar-refractivity contribution in [3.05, 3.63) is 18.0 Å². The molecule has 4 nitrogen and oxygen atoms in total. The maximum atomic E-state index is 12.0. The van der Waals surface area contributed by atoms with Crippen molar-refractivity contribution >= 4 is 11.6 Å². The Balaban J connectivity index is 1.83. The molecule has 0 saturated heterocycles. The van der Waals surface area contributed by atoms with Gasteiger partial charge in [-0.2, -0.15) is 0 Å². The molecule has 1 aromatic heterocycles. The first-order valence-electron chi connectivity index (χ1n) is 6.94. The molecular weight excluding hydrogens is 226 g/mol. The van der Waals surface area contributed by atoms with Gasteiger partial charge in [0.15, 0.2) is 0 Å². The van der Waals surface area contributed by atoms with Crippen LogP contribution in [0.1, 0.15) is 49.5 Å². The molecule has 3 N–H and O–H groups in total. The number of amides is 1. The van der Waals surface area contributed by atoms with Crippen molar-refractivity contribution in [2.45, 2.75) is 45.6 Å². The van der Waals surface area contributed by atoms with E-state index in [1.165, 1.54) is 25.7 Å². The number of carbonyl (C=O) groups is 1. The predicted molar refractivity (Wildman–Crippen MR) is 73.4 cm³/mol. The lowest BCUT2D eigenvalue weighted by Crippen LogP contribution is -2.27. The van der Waals surface area contributed by atoms with Crippen LogP contribution in [-0.4, -0.2) is 17.0 Å². The van der Waals surface area contributed by atoms with Gasteiger partial charge in [0, 0.05) is 19.3 Å². The summed E-state index contributed by atoms with van der Waals surface area (Å²) in [7, 11) is 0. The molecule has 1 fully saturated rings. The first-order valence-corrected chi connectivity index (χ1v) is 6.94. The summed E-state index contributed by atoms with van der Waals surface area (Å²) < 4.78 is 1.89. The third-order valence-corrected chi connectivity index (χ3v) is 3.80. The van der Waals surface area contributed by atoms with E-state index in [0.717, 1.165) is 25.4 Å². The van der Waals surface area contributed by atoms with Crippen molar-refractivity contribution < 1.29 is 4.79 Å². The SMILES string of the molecule is CCn1cc(N)cc1C(=O)NCCC1CCCC1. The molecule has 18 heavy (non-hydrogen) atoms. The summed E-state index contributed by atoms with van der Waals surface area (Å²) in [5, 5.41) is 3.00. The minimum Gasteiger partial charge on any atom is -0.397 e. The lowest BCUT2D eigenvalue weighted by Gasteiger charge is -2.10. The number of anilines is 1. The Morgan fingerprint density at radius 1 is 1.50 bits per heavy atom. The van der Waals surface area contributed by atoms with Gasteiger partial charge >= 0.3 is 0 Å². The lowest BCUT2D eigenvalue weighted by atomic mass is 10.0. The van der Waals surface area contributed by atoms with E-state index in [1.807, 2.05) is 17.7 Å². The van der Waals surface area contributed by atoms with Crippen molar-refractivity contribution in [1.82, 2.24) is 9.88 Å². The topological polar surface area (TPSA) is 60.0 Å². The molecule has 4 heteroatoms. The maximum absolute atomic E-state index is 12.0. The second kappa shape index (κ2) is 5.94. The Hall–Kier alpha value is -1.45. The zero-order chi connectivity index (χ0) is 13.0. The Morgan fingerprint density at radius 2 is 2.22 bits per heavy atom. The van der Waals surface area contributed by atoms with Crippen LogP contribution >= 0.6 is 0 Å². The molecule has 1 aromatic rings. The molecule has 1 amide bonds. The number of aromatic nitrogens is 1. The van der Waals surface area contributed by atoms with E-state index >= 15 is 0 Å². The normalized spacial score (nSPS) is 16.1. The minimum atomic E-state index is -0.00783. The summed E-state index contributed by atoms with van der Waals surface area (Å²) in [6, 6.07) is 1.74. The van der Waals surface area contributed by atoms with Gasteiger partial charge in [-0.05, 0) is 25.3 Å². The maximum Gasteiger partial charge on any atom is 0.267 e. The summed E-state index contributed by atoms with van der Waals surface area (Å²) in [4.78, 5) is 12.0. The quantitative estimate of drug-likeness (QED) is 0.841. The second-order valence-electron chi connectivity index (χ2n) is 5.14. The first kappa shape index (κ1) is 13.0. The van der Waals surface area contributed by atoms with Gasteiger partial charge < -0.3 is 15.6 Å². The van der Waals surface area contributed by atoms with Crippen molar-refractivity contribution in [3.63, 3.8) is 0 Å². The largest absolute Gasteiger partial charge is 0.397 e. The minimum absolute atomic E-state index is 0.00783. The number of hydrogen-bond donors (Lipinski definition) is 2. The summed E-state index contributed by atoms with van der Waals surface area (Å²) in [6.45, 7) is 3.55. The Morgan fingerprint density at radius 3 is 2.89 bits per heavy atom. The fraction of sp³-hybridized carbons (Fsp3) is 0.643. The van der Waals surface area contributed by atoms with Crippen LogP contribution in [0.2, 0.25) is 0 Å². The highest BCUT2D eigenvalue weighted by Gasteiger charge is 2.16. The summed E-state index contributed by atoms with van der Waals surface area (Å²) in [6.07, 6.45) is 8.28. The summed E-state index contributed by atoms with van der Waals surface area (Å²) in [5.41, 5.74) is 7.04. The molecule has 0 spiro atoms. The van der Waals surface area contributed by atoms with Gasteiger partial charge in [0.25, 0.3) is 5.91 Å². The smallest absolute Gasteiger partial charge is 0.267 e. The van der Waals surface area contributed by atoms with Crippen LogP contribution in [0, 0.1) is 5.92 Å². The van der Waals surface area contributed by atoms with Crippen LogP contribution < -0.4 is 11.1 Å². The van der Waals surface area contributed by atoms with Gasteiger partial charge in [-0.25, -0.2) is 0 Å². The van der Waals surface area contributed by atoms with E-state index in [-0.39, 0.29) is 5.91 Å². The van der Waals surface area contributed by atoms with Crippen molar-refractivity contribution in [2.24, 2.45) is 5.92 Å². The number of nitrogens with two attached hydrogens (primary N) is 1. The third-order valence-electron chi connectivity index (χ3n) is 3.80. The lowest BCUT2D eigenvalue weighted by molar-refractivity contribution is 0.0942. The predicted octanol–water partition coefficient (Wildman–Crippen LogP) is 2.40. The van der Waals surface area contributed by atoms with Gasteiger partial charge in [-0.3, -0.25) is 4.79 Å². The molecule has 100 valence electrons. The Labute approximate surface area is 109 Å². The zero-order valence-corrected chi connectivity index (χ0v) is 11.1. The van der Waals surface area contributed by atoms with E-state index in [0.29, 0.717) is 11.4 Å². The van der Waals surface area contributed by atoms with Crippen molar-refractivity contribution in [3.8, 4) is 0 Å². The van der Waals surface area contributed by atoms with Crippen LogP contribution in [0.15, 0.2) is 12.3 Å². The number of aryl methyl sites for hydroxylation is 1. The highest BCUT2D eigenvalue weighted by atomic mass is 16.1. The molecule has 1 aliphatic carbocycles. The van der Waals surface area contributed by atoms with Crippen LogP contribution in [0.4, 0.5) is 5.69 Å². The van der Waals surface area contributed by atoms with Crippen LogP contribution in [0.25, 0.3) is 0 Å². The fourth-order valence-corrected chi connectivity index (χ4v) is 2.76. The highest BCUT2D eigenvalue weighted by Crippen LogP contribution is 2.26. The number of nitrogen functional groups attached to an aromatic ring is 1.